The standard InChI is InChI=1S/C12H9BrClFN2O4S2/c1-2-21-11(18)9-5-22-12(16-9)17-23(19,20)10-4-7(14)6(13)3-8(10)15/h3-5H,2H2,1H3,(H,16,17). The number of carbonyl (C=O) groups excluding carboxylic acids is 1. The SMILES string of the molecule is CCOC(=O)c1csc(NS(=O)(=O)c2cc(Cl)c(Br)cc2F)n1. The van der Waals surface area contributed by atoms with Crippen molar-refractivity contribution < 1.29 is 22.3 Å². The molecule has 1 aromatic carbocycles. The van der Waals surface area contributed by atoms with Crippen molar-refractivity contribution in [3.8, 4) is 0 Å². The lowest BCUT2D eigenvalue weighted by atomic mass is 10.3. The summed E-state index contributed by atoms with van der Waals surface area (Å²) in [5, 5.41) is 1.28. The van der Waals surface area contributed by atoms with Crippen LogP contribution in [0.4, 0.5) is 9.52 Å². The van der Waals surface area contributed by atoms with Gasteiger partial charge in [-0.1, -0.05) is 11.6 Å². The second kappa shape index (κ2) is 7.12. The molecular weight excluding hydrogens is 435 g/mol. The number of carbonyl (C=O) groups is 1. The van der Waals surface area contributed by atoms with Gasteiger partial charge in [0.1, 0.15) is 10.7 Å². The van der Waals surface area contributed by atoms with E-state index in [1.165, 1.54) is 5.38 Å². The molecule has 0 saturated heterocycles. The zero-order valence-electron chi connectivity index (χ0n) is 11.5. The molecule has 0 spiro atoms. The van der Waals surface area contributed by atoms with Crippen LogP contribution in [0.3, 0.4) is 0 Å². The lowest BCUT2D eigenvalue weighted by molar-refractivity contribution is 0.0520. The molecule has 23 heavy (non-hydrogen) atoms. The second-order valence-electron chi connectivity index (χ2n) is 4.06. The Kier molecular flexibility index (Phi) is 5.61. The molecule has 11 heteroatoms. The van der Waals surface area contributed by atoms with Gasteiger partial charge in [-0.15, -0.1) is 11.3 Å². The van der Waals surface area contributed by atoms with Gasteiger partial charge in [-0.25, -0.2) is 22.6 Å². The number of thiazole rings is 1. The maximum atomic E-state index is 13.9. The predicted molar refractivity (Wildman–Crippen MR) is 88.0 cm³/mol. The van der Waals surface area contributed by atoms with Crippen LogP contribution < -0.4 is 4.72 Å². The zero-order chi connectivity index (χ0) is 17.2. The molecule has 0 unspecified atom stereocenters. The van der Waals surface area contributed by atoms with Crippen molar-refractivity contribution in [1.82, 2.24) is 4.98 Å². The molecule has 0 radical (unpaired) electrons. The lowest BCUT2D eigenvalue weighted by Gasteiger charge is -2.07. The molecule has 0 aliphatic heterocycles. The highest BCUT2D eigenvalue weighted by Crippen LogP contribution is 2.29. The van der Waals surface area contributed by atoms with Crippen molar-refractivity contribution in [3.05, 3.63) is 38.5 Å². The summed E-state index contributed by atoms with van der Waals surface area (Å²) in [5.41, 5.74) is -0.0381. The third-order valence-electron chi connectivity index (χ3n) is 2.47. The number of hydrogen-bond acceptors (Lipinski definition) is 6. The van der Waals surface area contributed by atoms with E-state index in [4.69, 9.17) is 16.3 Å². The Bertz CT molecular complexity index is 857. The Labute approximate surface area is 148 Å². The number of aromatic nitrogens is 1. The molecule has 1 aromatic heterocycles. The normalized spacial score (nSPS) is 11.3. The maximum absolute atomic E-state index is 13.9. The van der Waals surface area contributed by atoms with Gasteiger partial charge in [0.2, 0.25) is 0 Å². The average Bonchev–Trinajstić information content (AvgIpc) is 2.90. The van der Waals surface area contributed by atoms with Crippen LogP contribution in [0.2, 0.25) is 5.02 Å². The van der Waals surface area contributed by atoms with E-state index in [-0.39, 0.29) is 26.9 Å². The van der Waals surface area contributed by atoms with Crippen molar-refractivity contribution in [1.29, 1.82) is 0 Å². The first-order valence-corrected chi connectivity index (χ1v) is 9.58. The zero-order valence-corrected chi connectivity index (χ0v) is 15.4. The van der Waals surface area contributed by atoms with Crippen LogP contribution in [0.1, 0.15) is 17.4 Å². The molecule has 2 rings (SSSR count). The summed E-state index contributed by atoms with van der Waals surface area (Å²) >= 11 is 9.67. The van der Waals surface area contributed by atoms with Crippen LogP contribution >= 0.6 is 38.9 Å². The first-order valence-electron chi connectivity index (χ1n) is 6.04. The number of sulfonamides is 1. The van der Waals surface area contributed by atoms with Crippen LogP contribution in [-0.4, -0.2) is 26.0 Å². The molecule has 6 nitrogen and oxygen atoms in total. The number of rotatable bonds is 5. The van der Waals surface area contributed by atoms with Gasteiger partial charge in [0.15, 0.2) is 10.8 Å². The largest absolute Gasteiger partial charge is 0.461 e. The van der Waals surface area contributed by atoms with E-state index in [0.29, 0.717) is 0 Å². The fraction of sp³-hybridized carbons (Fsp3) is 0.167. The summed E-state index contributed by atoms with van der Waals surface area (Å²) in [6.45, 7) is 1.80. The molecule has 0 atom stereocenters. The number of esters is 1. The number of nitrogens with one attached hydrogen (secondary N) is 1. The minimum absolute atomic E-state index is 0.0381. The molecule has 2 aromatic rings. The first kappa shape index (κ1) is 18.1. The van der Waals surface area contributed by atoms with E-state index in [2.05, 4.69) is 25.6 Å². The van der Waals surface area contributed by atoms with Crippen LogP contribution in [0.25, 0.3) is 0 Å². The van der Waals surface area contributed by atoms with Crippen LogP contribution in [0, 0.1) is 5.82 Å². The summed E-state index contributed by atoms with van der Waals surface area (Å²) in [5.74, 6) is -1.65. The monoisotopic (exact) mass is 442 g/mol. The molecule has 0 saturated carbocycles. The summed E-state index contributed by atoms with van der Waals surface area (Å²) in [4.78, 5) is 14.7. The number of benzene rings is 1. The van der Waals surface area contributed by atoms with Crippen LogP contribution in [0.15, 0.2) is 26.9 Å². The fourth-order valence-electron chi connectivity index (χ4n) is 1.50. The molecule has 0 aliphatic carbocycles. The Hall–Kier alpha value is -1.23. The van der Waals surface area contributed by atoms with E-state index in [1.807, 2.05) is 0 Å². The van der Waals surface area contributed by atoms with Gasteiger partial charge in [-0.2, -0.15) is 0 Å². The van der Waals surface area contributed by atoms with Gasteiger partial charge in [-0.3, -0.25) is 4.72 Å². The Morgan fingerprint density at radius 3 is 2.87 bits per heavy atom. The van der Waals surface area contributed by atoms with E-state index in [1.54, 1.807) is 6.92 Å². The molecular formula is C12H9BrClFN2O4S2. The van der Waals surface area contributed by atoms with Crippen molar-refractivity contribution >= 4 is 60.0 Å². The smallest absolute Gasteiger partial charge is 0.357 e. The van der Waals surface area contributed by atoms with Gasteiger partial charge in [0.25, 0.3) is 10.0 Å². The van der Waals surface area contributed by atoms with E-state index >= 15 is 0 Å². The second-order valence-corrected chi connectivity index (χ2v) is 7.83. The highest BCUT2D eigenvalue weighted by atomic mass is 79.9. The molecule has 0 fully saturated rings. The van der Waals surface area contributed by atoms with Gasteiger partial charge >= 0.3 is 5.97 Å². The quantitative estimate of drug-likeness (QED) is 0.563. The molecule has 124 valence electrons. The molecule has 1 N–H and O–H groups in total. The topological polar surface area (TPSA) is 85.4 Å². The number of ether oxygens (including phenoxy) is 1. The predicted octanol–water partition coefficient (Wildman–Crippen LogP) is 3.68. The Morgan fingerprint density at radius 1 is 1.52 bits per heavy atom. The number of anilines is 1. The van der Waals surface area contributed by atoms with E-state index in [9.17, 15) is 17.6 Å². The Balaban J connectivity index is 2.29. The van der Waals surface area contributed by atoms with Crippen LogP contribution in [0.5, 0.6) is 0 Å². The summed E-state index contributed by atoms with van der Waals surface area (Å²) in [6, 6.07) is 1.92. The van der Waals surface area contributed by atoms with Crippen LogP contribution in [-0.2, 0) is 14.8 Å². The molecule has 0 aliphatic rings. The number of hydrogen-bond donors (Lipinski definition) is 1. The van der Waals surface area contributed by atoms with E-state index in [0.717, 1.165) is 23.5 Å². The average molecular weight is 444 g/mol. The molecule has 1 heterocycles. The van der Waals surface area contributed by atoms with Gasteiger partial charge in [0, 0.05) is 9.85 Å². The maximum Gasteiger partial charge on any atom is 0.357 e. The summed E-state index contributed by atoms with van der Waals surface area (Å²) in [6.07, 6.45) is 0. The molecule has 0 amide bonds. The highest BCUT2D eigenvalue weighted by Gasteiger charge is 2.23. The summed E-state index contributed by atoms with van der Waals surface area (Å²) < 4.78 is 45.4. The fourth-order valence-corrected chi connectivity index (χ4v) is 4.06. The minimum atomic E-state index is -4.24. The first-order chi connectivity index (χ1) is 10.7. The van der Waals surface area contributed by atoms with Gasteiger partial charge in [-0.05, 0) is 35.0 Å². The van der Waals surface area contributed by atoms with Gasteiger partial charge < -0.3 is 4.74 Å². The number of nitrogens with zero attached hydrogens (tertiary/aromatic N) is 1. The van der Waals surface area contributed by atoms with Crippen molar-refractivity contribution in [3.63, 3.8) is 0 Å². The van der Waals surface area contributed by atoms with Gasteiger partial charge in [0.05, 0.1) is 11.6 Å². The third kappa shape index (κ3) is 4.19. The van der Waals surface area contributed by atoms with Crippen molar-refractivity contribution in [2.45, 2.75) is 11.8 Å². The highest BCUT2D eigenvalue weighted by molar-refractivity contribution is 9.10. The number of halogens is 3. The summed E-state index contributed by atoms with van der Waals surface area (Å²) in [7, 11) is -4.24. The van der Waals surface area contributed by atoms with E-state index < -0.39 is 26.7 Å². The minimum Gasteiger partial charge on any atom is -0.461 e. The lowest BCUT2D eigenvalue weighted by Crippen LogP contribution is -2.15. The third-order valence-corrected chi connectivity index (χ3v) is 5.91. The van der Waals surface area contributed by atoms with Crippen molar-refractivity contribution in [2.24, 2.45) is 0 Å². The van der Waals surface area contributed by atoms with Crippen molar-refractivity contribution in [2.75, 3.05) is 11.3 Å². The molecule has 0 bridgehead atoms. The Morgan fingerprint density at radius 2 is 2.22 bits per heavy atom.